The van der Waals surface area contributed by atoms with Gasteiger partial charge < -0.3 is 5.32 Å². The maximum Gasteiger partial charge on any atom is 0.293 e. The lowest BCUT2D eigenvalue weighted by molar-refractivity contribution is -0.117. The van der Waals surface area contributed by atoms with Crippen LogP contribution in [0.25, 0.3) is 16.6 Å². The van der Waals surface area contributed by atoms with Crippen LogP contribution < -0.4 is 10.9 Å². The lowest BCUT2D eigenvalue weighted by Gasteiger charge is -2.11. The molecule has 0 unspecified atom stereocenters. The first kappa shape index (κ1) is 20.5. The van der Waals surface area contributed by atoms with Crippen LogP contribution in [0.2, 0.25) is 0 Å². The number of rotatable bonds is 4. The summed E-state index contributed by atoms with van der Waals surface area (Å²) in [6.07, 6.45) is 1.65. The second kappa shape index (κ2) is 7.83. The van der Waals surface area contributed by atoms with Crippen molar-refractivity contribution in [1.29, 1.82) is 0 Å². The predicted molar refractivity (Wildman–Crippen MR) is 122 cm³/mol. The van der Waals surface area contributed by atoms with E-state index in [2.05, 4.69) is 15.5 Å². The number of amides is 1. The first-order valence-electron chi connectivity index (χ1n) is 10.1. The highest BCUT2D eigenvalue weighted by Gasteiger charge is 2.17. The highest BCUT2D eigenvalue weighted by molar-refractivity contribution is 5.91. The van der Waals surface area contributed by atoms with Gasteiger partial charge in [-0.15, -0.1) is 0 Å². The van der Waals surface area contributed by atoms with E-state index in [0.29, 0.717) is 22.3 Å². The molecular weight excluding hydrogens is 390 g/mol. The molecule has 4 rings (SSSR count). The van der Waals surface area contributed by atoms with E-state index in [1.165, 1.54) is 10.2 Å². The zero-order valence-corrected chi connectivity index (χ0v) is 18.4. The Morgan fingerprint density at radius 2 is 1.68 bits per heavy atom. The third-order valence-corrected chi connectivity index (χ3v) is 5.40. The largest absolute Gasteiger partial charge is 0.324 e. The number of benzene rings is 2. The van der Waals surface area contributed by atoms with Crippen molar-refractivity contribution in [1.82, 2.24) is 19.6 Å². The van der Waals surface area contributed by atoms with Gasteiger partial charge in [0.15, 0.2) is 0 Å². The minimum absolute atomic E-state index is 0.180. The zero-order valence-electron chi connectivity index (χ0n) is 18.4. The molecule has 1 N–H and O–H groups in total. The Morgan fingerprint density at radius 3 is 2.35 bits per heavy atom. The number of carbonyl (C=O) groups excluding carboxylic acids is 1. The summed E-state index contributed by atoms with van der Waals surface area (Å²) in [7, 11) is 0. The number of anilines is 1. The second-order valence-corrected chi connectivity index (χ2v) is 8.06. The van der Waals surface area contributed by atoms with Gasteiger partial charge >= 0.3 is 0 Å². The van der Waals surface area contributed by atoms with Crippen molar-refractivity contribution in [2.24, 2.45) is 0 Å². The maximum atomic E-state index is 13.2. The van der Waals surface area contributed by atoms with Crippen molar-refractivity contribution in [3.63, 3.8) is 0 Å². The van der Waals surface area contributed by atoms with Gasteiger partial charge in [-0.2, -0.15) is 10.2 Å². The molecule has 2 heterocycles. The summed E-state index contributed by atoms with van der Waals surface area (Å²) >= 11 is 0. The van der Waals surface area contributed by atoms with Crippen LogP contribution in [0, 0.1) is 34.6 Å². The van der Waals surface area contributed by atoms with E-state index in [9.17, 15) is 9.59 Å². The molecule has 7 nitrogen and oxygen atoms in total. The highest BCUT2D eigenvalue weighted by Crippen LogP contribution is 2.19. The normalized spacial score (nSPS) is 11.1. The van der Waals surface area contributed by atoms with E-state index in [4.69, 9.17) is 0 Å². The number of aromatic nitrogens is 4. The molecule has 31 heavy (non-hydrogen) atoms. The van der Waals surface area contributed by atoms with Crippen molar-refractivity contribution in [3.05, 3.63) is 80.9 Å². The summed E-state index contributed by atoms with van der Waals surface area (Å²) in [5.74, 6) is -0.310. The smallest absolute Gasteiger partial charge is 0.293 e. The van der Waals surface area contributed by atoms with E-state index in [1.54, 1.807) is 10.9 Å². The molecule has 0 aliphatic rings. The van der Waals surface area contributed by atoms with Crippen LogP contribution in [0.15, 0.2) is 47.4 Å². The molecule has 158 valence electrons. The summed E-state index contributed by atoms with van der Waals surface area (Å²) in [6.45, 7) is 9.63. The van der Waals surface area contributed by atoms with E-state index >= 15 is 0 Å². The molecule has 2 aromatic carbocycles. The highest BCUT2D eigenvalue weighted by atomic mass is 16.2. The van der Waals surface area contributed by atoms with Gasteiger partial charge in [0.25, 0.3) is 5.56 Å². The van der Waals surface area contributed by atoms with E-state index in [0.717, 1.165) is 22.4 Å². The monoisotopic (exact) mass is 415 g/mol. The van der Waals surface area contributed by atoms with Crippen LogP contribution in [0.3, 0.4) is 0 Å². The van der Waals surface area contributed by atoms with Crippen molar-refractivity contribution in [3.8, 4) is 5.69 Å². The number of nitrogens with one attached hydrogen (secondary N) is 1. The van der Waals surface area contributed by atoms with Crippen LogP contribution in [0.4, 0.5) is 5.69 Å². The van der Waals surface area contributed by atoms with Gasteiger partial charge in [0.1, 0.15) is 12.1 Å². The molecule has 4 aromatic rings. The van der Waals surface area contributed by atoms with Gasteiger partial charge in [0.05, 0.1) is 17.6 Å². The fourth-order valence-corrected chi connectivity index (χ4v) is 3.77. The Labute approximate surface area is 180 Å². The first-order valence-corrected chi connectivity index (χ1v) is 10.1. The first-order chi connectivity index (χ1) is 14.7. The van der Waals surface area contributed by atoms with Gasteiger partial charge in [0.2, 0.25) is 5.91 Å². The van der Waals surface area contributed by atoms with Crippen LogP contribution >= 0.6 is 0 Å². The van der Waals surface area contributed by atoms with Gasteiger partial charge in [-0.3, -0.25) is 9.59 Å². The van der Waals surface area contributed by atoms with Crippen LogP contribution in [-0.4, -0.2) is 25.5 Å². The van der Waals surface area contributed by atoms with Gasteiger partial charge in [-0.1, -0.05) is 12.1 Å². The van der Waals surface area contributed by atoms with E-state index < -0.39 is 0 Å². The number of nitrogens with zero attached hydrogens (tertiary/aromatic N) is 4. The van der Waals surface area contributed by atoms with Crippen LogP contribution in [0.1, 0.15) is 27.9 Å². The quantitative estimate of drug-likeness (QED) is 0.550. The molecule has 0 bridgehead atoms. The molecule has 0 aliphatic heterocycles. The van der Waals surface area contributed by atoms with Crippen molar-refractivity contribution in [2.45, 2.75) is 41.2 Å². The van der Waals surface area contributed by atoms with Gasteiger partial charge in [-0.05, 0) is 81.1 Å². The molecule has 1 amide bonds. The minimum Gasteiger partial charge on any atom is -0.324 e. The van der Waals surface area contributed by atoms with Gasteiger partial charge in [0, 0.05) is 11.1 Å². The molecule has 0 saturated heterocycles. The Bertz CT molecular complexity index is 1360. The standard InChI is InChI=1S/C24H25N5O2/c1-14-8-15(2)10-19(9-14)26-22(30)13-28-24(31)23-21(18(5)27-28)12-25-29(23)20-7-6-16(3)17(4)11-20/h6-12H,13H2,1-5H3,(H,26,30). The molecule has 2 aromatic heterocycles. The molecule has 0 aliphatic carbocycles. The zero-order chi connectivity index (χ0) is 22.3. The molecule has 0 spiro atoms. The number of fused-ring (bicyclic) bond motifs is 1. The fraction of sp³-hybridized carbons (Fsp3) is 0.250. The Kier molecular flexibility index (Phi) is 5.19. The van der Waals surface area contributed by atoms with Crippen LogP contribution in [-0.2, 0) is 11.3 Å². The Morgan fingerprint density at radius 1 is 0.968 bits per heavy atom. The van der Waals surface area contributed by atoms with Crippen molar-refractivity contribution >= 4 is 22.5 Å². The summed E-state index contributed by atoms with van der Waals surface area (Å²) in [5, 5.41) is 12.3. The minimum atomic E-state index is -0.355. The number of hydrogen-bond donors (Lipinski definition) is 1. The summed E-state index contributed by atoms with van der Waals surface area (Å²) in [4.78, 5) is 25.9. The summed E-state index contributed by atoms with van der Waals surface area (Å²) in [5.41, 5.74) is 6.59. The SMILES string of the molecule is Cc1cc(C)cc(NC(=O)Cn2nc(C)c3cnn(-c4ccc(C)c(C)c4)c3c2=O)c1. The number of carbonyl (C=O) groups is 1. The molecular formula is C24H25N5O2. The average Bonchev–Trinajstić information content (AvgIpc) is 3.13. The van der Waals surface area contributed by atoms with Crippen molar-refractivity contribution < 1.29 is 4.79 Å². The molecule has 7 heteroatoms. The second-order valence-electron chi connectivity index (χ2n) is 8.06. The third-order valence-electron chi connectivity index (χ3n) is 5.40. The third kappa shape index (κ3) is 3.99. The predicted octanol–water partition coefficient (Wildman–Crippen LogP) is 3.76. The van der Waals surface area contributed by atoms with Crippen LogP contribution in [0.5, 0.6) is 0 Å². The molecule has 0 atom stereocenters. The topological polar surface area (TPSA) is 81.8 Å². The number of hydrogen-bond acceptors (Lipinski definition) is 4. The molecule has 0 radical (unpaired) electrons. The Hall–Kier alpha value is -3.74. The summed E-state index contributed by atoms with van der Waals surface area (Å²) in [6, 6.07) is 11.7. The van der Waals surface area contributed by atoms with E-state index in [-0.39, 0.29) is 18.0 Å². The lowest BCUT2D eigenvalue weighted by Crippen LogP contribution is -2.31. The molecule has 0 fully saturated rings. The van der Waals surface area contributed by atoms with E-state index in [1.807, 2.05) is 71.0 Å². The van der Waals surface area contributed by atoms with Crippen molar-refractivity contribution in [2.75, 3.05) is 5.32 Å². The lowest BCUT2D eigenvalue weighted by atomic mass is 10.1. The average molecular weight is 415 g/mol. The Balaban J connectivity index is 1.72. The van der Waals surface area contributed by atoms with Gasteiger partial charge in [-0.25, -0.2) is 9.36 Å². The molecule has 0 saturated carbocycles. The number of aryl methyl sites for hydroxylation is 5. The fourth-order valence-electron chi connectivity index (χ4n) is 3.77. The summed E-state index contributed by atoms with van der Waals surface area (Å²) < 4.78 is 2.83. The maximum absolute atomic E-state index is 13.2.